The highest BCUT2D eigenvalue weighted by Gasteiger charge is 2.40. The van der Waals surface area contributed by atoms with Crippen LogP contribution >= 0.6 is 0 Å². The van der Waals surface area contributed by atoms with E-state index in [1.165, 1.54) is 11.0 Å². The number of carbonyl (C=O) groups excluding carboxylic acids is 3. The second-order valence-corrected chi connectivity index (χ2v) is 11.4. The summed E-state index contributed by atoms with van der Waals surface area (Å²) in [6.45, 7) is 12.6. The Balaban J connectivity index is 2.04. The van der Waals surface area contributed by atoms with Crippen LogP contribution in [-0.4, -0.2) is 45.6 Å². The summed E-state index contributed by atoms with van der Waals surface area (Å²) in [6.07, 6.45) is -0.113. The lowest BCUT2D eigenvalue weighted by atomic mass is 9.94. The monoisotopic (exact) mass is 547 g/mol. The fraction of sp³-hybridized carbons (Fsp3) is 0.406. The number of benzene rings is 3. The molecule has 3 amide bonds. The van der Waals surface area contributed by atoms with E-state index in [9.17, 15) is 19.5 Å². The van der Waals surface area contributed by atoms with Crippen LogP contribution in [-0.2, 0) is 14.3 Å². The molecule has 3 rings (SSSR count). The molecule has 0 saturated heterocycles. The van der Waals surface area contributed by atoms with E-state index in [0.717, 1.165) is 10.8 Å². The molecule has 3 aromatic rings. The number of nitrogens with zero attached hydrogens (tertiary/aromatic N) is 1. The van der Waals surface area contributed by atoms with Crippen molar-refractivity contribution in [3.8, 4) is 5.75 Å². The van der Waals surface area contributed by atoms with E-state index < -0.39 is 41.6 Å². The van der Waals surface area contributed by atoms with Gasteiger partial charge in [-0.15, -0.1) is 0 Å². The molecule has 3 atom stereocenters. The van der Waals surface area contributed by atoms with E-state index in [4.69, 9.17) is 4.74 Å². The van der Waals surface area contributed by atoms with Gasteiger partial charge < -0.3 is 25.4 Å². The Hall–Kier alpha value is -4.07. The molecule has 3 N–H and O–H groups in total. The van der Waals surface area contributed by atoms with Crippen molar-refractivity contribution in [2.75, 3.05) is 5.32 Å². The zero-order valence-electron chi connectivity index (χ0n) is 24.4. The minimum absolute atomic E-state index is 0.111. The number of aromatic hydroxyl groups is 1. The van der Waals surface area contributed by atoms with Crippen molar-refractivity contribution in [3.63, 3.8) is 0 Å². The van der Waals surface area contributed by atoms with Crippen molar-refractivity contribution in [1.82, 2.24) is 10.2 Å². The first-order valence-corrected chi connectivity index (χ1v) is 13.7. The van der Waals surface area contributed by atoms with Gasteiger partial charge in [0.25, 0.3) is 5.91 Å². The summed E-state index contributed by atoms with van der Waals surface area (Å²) in [5.41, 5.74) is 0.0943. The number of rotatable bonds is 9. The highest BCUT2D eigenvalue weighted by Crippen LogP contribution is 2.33. The number of nitrogens with one attached hydrogen (secondary N) is 2. The molecule has 0 aromatic heterocycles. The third-order valence-electron chi connectivity index (χ3n) is 6.74. The summed E-state index contributed by atoms with van der Waals surface area (Å²) >= 11 is 0. The van der Waals surface area contributed by atoms with Crippen molar-refractivity contribution >= 4 is 34.4 Å². The fourth-order valence-electron chi connectivity index (χ4n) is 4.57. The number of phenols is 1. The minimum atomic E-state index is -1.17. The van der Waals surface area contributed by atoms with Crippen LogP contribution in [0.5, 0.6) is 5.75 Å². The van der Waals surface area contributed by atoms with Gasteiger partial charge in [0.05, 0.1) is 0 Å². The van der Waals surface area contributed by atoms with Crippen LogP contribution in [0.15, 0.2) is 66.7 Å². The first-order valence-electron chi connectivity index (χ1n) is 13.7. The molecule has 3 unspecified atom stereocenters. The smallest absolute Gasteiger partial charge is 0.408 e. The van der Waals surface area contributed by atoms with Gasteiger partial charge in [0.2, 0.25) is 5.91 Å². The van der Waals surface area contributed by atoms with Gasteiger partial charge in [-0.25, -0.2) is 4.79 Å². The van der Waals surface area contributed by atoms with Crippen molar-refractivity contribution in [3.05, 3.63) is 72.3 Å². The quantitative estimate of drug-likeness (QED) is 0.287. The highest BCUT2D eigenvalue weighted by atomic mass is 16.6. The summed E-state index contributed by atoms with van der Waals surface area (Å²) in [7, 11) is 0. The first kappa shape index (κ1) is 30.5. The van der Waals surface area contributed by atoms with Crippen LogP contribution in [0.25, 0.3) is 10.8 Å². The summed E-state index contributed by atoms with van der Waals surface area (Å²) in [5, 5.41) is 18.5. The topological polar surface area (TPSA) is 108 Å². The minimum Gasteiger partial charge on any atom is -0.508 e. The number of anilines is 1. The van der Waals surface area contributed by atoms with E-state index in [-0.39, 0.29) is 17.2 Å². The van der Waals surface area contributed by atoms with Crippen molar-refractivity contribution in [2.24, 2.45) is 5.92 Å². The number of hydrogen-bond donors (Lipinski definition) is 3. The molecule has 40 heavy (non-hydrogen) atoms. The van der Waals surface area contributed by atoms with Gasteiger partial charge in [-0.3, -0.25) is 9.59 Å². The zero-order chi connectivity index (χ0) is 29.6. The maximum Gasteiger partial charge on any atom is 0.408 e. The third kappa shape index (κ3) is 7.52. The predicted molar refractivity (Wildman–Crippen MR) is 158 cm³/mol. The Bertz CT molecular complexity index is 1350. The van der Waals surface area contributed by atoms with Gasteiger partial charge in [0, 0.05) is 17.3 Å². The van der Waals surface area contributed by atoms with Crippen LogP contribution < -0.4 is 10.6 Å². The number of carbonyl (C=O) groups is 3. The number of para-hydroxylation sites is 1. The molecule has 8 heteroatoms. The van der Waals surface area contributed by atoms with E-state index in [1.807, 2.05) is 50.2 Å². The van der Waals surface area contributed by atoms with Gasteiger partial charge in [-0.2, -0.15) is 0 Å². The van der Waals surface area contributed by atoms with E-state index in [2.05, 4.69) is 10.6 Å². The van der Waals surface area contributed by atoms with Crippen LogP contribution in [0.3, 0.4) is 0 Å². The maximum absolute atomic E-state index is 14.2. The molecular weight excluding hydrogens is 506 g/mol. The van der Waals surface area contributed by atoms with Gasteiger partial charge >= 0.3 is 6.09 Å². The molecule has 214 valence electrons. The summed E-state index contributed by atoms with van der Waals surface area (Å²) in [4.78, 5) is 42.4. The molecular formula is C32H41N3O5. The van der Waals surface area contributed by atoms with Gasteiger partial charge in [0.15, 0.2) is 0 Å². The average Bonchev–Trinajstić information content (AvgIpc) is 2.88. The largest absolute Gasteiger partial charge is 0.508 e. The standard InChI is InChI=1S/C32H41N3O5/c1-8-21(4)27(34-31(39)40-32(5,6)7)30(38)35(20(2)3)28(25-15-11-12-16-26(25)36)29(37)33-24-18-17-22-13-9-10-14-23(22)19-24/h9-21,27-28,36H,8H2,1-7H3,(H,33,37)(H,34,39). The van der Waals surface area contributed by atoms with Crippen molar-refractivity contribution in [1.29, 1.82) is 0 Å². The highest BCUT2D eigenvalue weighted by molar-refractivity contribution is 6.00. The number of fused-ring (bicyclic) bond motifs is 1. The van der Waals surface area contributed by atoms with E-state index in [1.54, 1.807) is 58.9 Å². The molecule has 0 bridgehead atoms. The molecule has 8 nitrogen and oxygen atoms in total. The van der Waals surface area contributed by atoms with Gasteiger partial charge in [-0.1, -0.05) is 68.8 Å². The van der Waals surface area contributed by atoms with Crippen LogP contribution in [0.2, 0.25) is 0 Å². The van der Waals surface area contributed by atoms with E-state index >= 15 is 0 Å². The summed E-state index contributed by atoms with van der Waals surface area (Å²) < 4.78 is 5.44. The molecule has 0 aliphatic heterocycles. The maximum atomic E-state index is 14.2. The number of phenolic OH excluding ortho intramolecular Hbond substituents is 1. The lowest BCUT2D eigenvalue weighted by Gasteiger charge is -2.38. The van der Waals surface area contributed by atoms with Crippen molar-refractivity contribution in [2.45, 2.75) is 78.6 Å². The molecule has 0 radical (unpaired) electrons. The normalized spacial score (nSPS) is 13.8. The molecule has 0 aliphatic rings. The number of ether oxygens (including phenoxy) is 1. The van der Waals surface area contributed by atoms with Crippen molar-refractivity contribution < 1.29 is 24.2 Å². The summed E-state index contributed by atoms with van der Waals surface area (Å²) in [6, 6.07) is 17.3. The second-order valence-electron chi connectivity index (χ2n) is 11.4. The Kier molecular flexibility index (Phi) is 9.79. The average molecular weight is 548 g/mol. The fourth-order valence-corrected chi connectivity index (χ4v) is 4.57. The zero-order valence-corrected chi connectivity index (χ0v) is 24.4. The van der Waals surface area contributed by atoms with Crippen LogP contribution in [0.1, 0.15) is 66.5 Å². The number of amides is 3. The number of alkyl carbamates (subject to hydrolysis) is 1. The SMILES string of the molecule is CCC(C)C(NC(=O)OC(C)(C)C)C(=O)N(C(C)C)C(C(=O)Nc1ccc2ccccc2c1)c1ccccc1O. The number of hydrogen-bond acceptors (Lipinski definition) is 5. The Morgan fingerprint density at radius 1 is 0.925 bits per heavy atom. The second kappa shape index (κ2) is 12.9. The Morgan fingerprint density at radius 2 is 1.55 bits per heavy atom. The Morgan fingerprint density at radius 3 is 2.15 bits per heavy atom. The Labute approximate surface area is 236 Å². The van der Waals surface area contributed by atoms with Crippen LogP contribution in [0.4, 0.5) is 10.5 Å². The molecule has 3 aromatic carbocycles. The molecule has 0 aliphatic carbocycles. The predicted octanol–water partition coefficient (Wildman–Crippen LogP) is 6.40. The summed E-state index contributed by atoms with van der Waals surface area (Å²) in [5.74, 6) is -1.30. The molecule has 0 heterocycles. The van der Waals surface area contributed by atoms with E-state index in [0.29, 0.717) is 12.1 Å². The molecule has 0 fully saturated rings. The lowest BCUT2D eigenvalue weighted by molar-refractivity contribution is -0.144. The third-order valence-corrected chi connectivity index (χ3v) is 6.74. The van der Waals surface area contributed by atoms with Crippen LogP contribution in [0, 0.1) is 5.92 Å². The van der Waals surface area contributed by atoms with Gasteiger partial charge in [-0.05, 0) is 69.5 Å². The molecule has 0 spiro atoms. The molecule has 0 saturated carbocycles. The lowest BCUT2D eigenvalue weighted by Crippen LogP contribution is -2.56. The first-order chi connectivity index (χ1) is 18.8. The van der Waals surface area contributed by atoms with Gasteiger partial charge in [0.1, 0.15) is 23.4 Å².